The predicted octanol–water partition coefficient (Wildman–Crippen LogP) is 5.73. The molecule has 4 rings (SSSR count). The molecule has 0 aromatic heterocycles. The van der Waals surface area contributed by atoms with E-state index in [9.17, 15) is 4.79 Å². The molecule has 1 atom stereocenters. The van der Waals surface area contributed by atoms with E-state index in [1.54, 1.807) is 0 Å². The maximum atomic E-state index is 12.3. The van der Waals surface area contributed by atoms with Crippen LogP contribution >= 0.6 is 11.6 Å². The van der Waals surface area contributed by atoms with E-state index in [1.165, 1.54) is 0 Å². The normalized spacial score (nSPS) is 16.6. The number of carbonyl (C=O) groups is 1. The molecule has 2 amide bonds. The second-order valence-corrected chi connectivity index (χ2v) is 7.43. The lowest BCUT2D eigenvalue weighted by Crippen LogP contribution is -2.29. The van der Waals surface area contributed by atoms with Crippen LogP contribution in [0.25, 0.3) is 0 Å². The molecule has 3 aromatic carbocycles. The van der Waals surface area contributed by atoms with Crippen molar-refractivity contribution >= 4 is 34.7 Å². The molecule has 1 unspecified atom stereocenters. The van der Waals surface area contributed by atoms with Crippen LogP contribution in [0.15, 0.2) is 77.9 Å². The largest absolute Gasteiger partial charge is 0.377 e. The number of hydrogen-bond acceptors (Lipinski definition) is 3. The summed E-state index contributed by atoms with van der Waals surface area (Å²) in [6.45, 7) is 2.00. The number of nitrogens with one attached hydrogen (secondary N) is 3. The van der Waals surface area contributed by atoms with Crippen molar-refractivity contribution in [2.45, 2.75) is 19.4 Å². The monoisotopic (exact) mass is 404 g/mol. The Balaban J connectivity index is 1.53. The maximum absolute atomic E-state index is 12.3. The highest BCUT2D eigenvalue weighted by Crippen LogP contribution is 2.33. The lowest BCUT2D eigenvalue weighted by atomic mass is 9.92. The van der Waals surface area contributed by atoms with E-state index in [-0.39, 0.29) is 12.1 Å². The van der Waals surface area contributed by atoms with Gasteiger partial charge in [0.25, 0.3) is 0 Å². The first-order valence-corrected chi connectivity index (χ1v) is 9.78. The van der Waals surface area contributed by atoms with Crippen molar-refractivity contribution in [2.75, 3.05) is 10.6 Å². The fraction of sp³-hybridized carbons (Fsp3) is 0.130. The molecule has 0 saturated carbocycles. The van der Waals surface area contributed by atoms with Crippen LogP contribution in [0.2, 0.25) is 5.02 Å². The van der Waals surface area contributed by atoms with Gasteiger partial charge in [-0.25, -0.2) is 10.2 Å². The molecular weight excluding hydrogens is 384 g/mol. The fourth-order valence-corrected chi connectivity index (χ4v) is 3.44. The highest BCUT2D eigenvalue weighted by atomic mass is 35.5. The smallest absolute Gasteiger partial charge is 0.339 e. The molecule has 0 bridgehead atoms. The van der Waals surface area contributed by atoms with Gasteiger partial charge in [-0.05, 0) is 42.8 Å². The second kappa shape index (κ2) is 8.37. The quantitative estimate of drug-likeness (QED) is 0.488. The van der Waals surface area contributed by atoms with Crippen LogP contribution in [0, 0.1) is 6.92 Å². The summed E-state index contributed by atoms with van der Waals surface area (Å²) in [5.74, 6) is 0. The number of halogens is 1. The van der Waals surface area contributed by atoms with Crippen LogP contribution < -0.4 is 16.1 Å². The first-order valence-electron chi connectivity index (χ1n) is 9.40. The third-order valence-electron chi connectivity index (χ3n) is 4.84. The average Bonchev–Trinajstić information content (AvgIpc) is 2.74. The lowest BCUT2D eigenvalue weighted by Gasteiger charge is -2.28. The number of urea groups is 1. The van der Waals surface area contributed by atoms with Gasteiger partial charge in [-0.2, -0.15) is 5.10 Å². The van der Waals surface area contributed by atoms with Crippen molar-refractivity contribution in [2.24, 2.45) is 5.10 Å². The van der Waals surface area contributed by atoms with E-state index in [2.05, 4.69) is 21.2 Å². The minimum absolute atomic E-state index is 0.0443. The number of anilines is 2. The molecule has 0 radical (unpaired) electrons. The topological polar surface area (TPSA) is 65.5 Å². The van der Waals surface area contributed by atoms with Gasteiger partial charge < -0.3 is 10.6 Å². The van der Waals surface area contributed by atoms with Gasteiger partial charge in [-0.1, -0.05) is 59.6 Å². The van der Waals surface area contributed by atoms with Crippen LogP contribution in [-0.2, 0) is 0 Å². The molecule has 3 N–H and O–H groups in total. The molecule has 0 saturated heterocycles. The summed E-state index contributed by atoms with van der Waals surface area (Å²) in [5, 5.41) is 11.5. The fourth-order valence-electron chi connectivity index (χ4n) is 3.32. The van der Waals surface area contributed by atoms with Crippen LogP contribution in [0.3, 0.4) is 0 Å². The van der Waals surface area contributed by atoms with Crippen molar-refractivity contribution in [3.05, 3.63) is 94.5 Å². The van der Waals surface area contributed by atoms with E-state index in [0.29, 0.717) is 11.4 Å². The number of carbonyl (C=O) groups excluding carboxylic acids is 1. The third kappa shape index (κ3) is 4.58. The van der Waals surface area contributed by atoms with E-state index in [4.69, 9.17) is 11.6 Å². The Morgan fingerprint density at radius 2 is 1.76 bits per heavy atom. The maximum Gasteiger partial charge on any atom is 0.339 e. The van der Waals surface area contributed by atoms with Gasteiger partial charge in [0.2, 0.25) is 0 Å². The summed E-state index contributed by atoms with van der Waals surface area (Å²) < 4.78 is 0. The molecule has 5 nitrogen and oxygen atoms in total. The number of hydrazone groups is 1. The molecule has 0 fully saturated rings. The molecule has 146 valence electrons. The first-order chi connectivity index (χ1) is 14.1. The van der Waals surface area contributed by atoms with Gasteiger partial charge in [0.1, 0.15) is 0 Å². The number of nitrogens with zero attached hydrogens (tertiary/aromatic N) is 1. The highest BCUT2D eigenvalue weighted by molar-refractivity contribution is 6.30. The van der Waals surface area contributed by atoms with E-state index >= 15 is 0 Å². The molecule has 3 aromatic rings. The van der Waals surface area contributed by atoms with Crippen molar-refractivity contribution < 1.29 is 4.79 Å². The van der Waals surface area contributed by atoms with Crippen LogP contribution in [0.4, 0.5) is 16.2 Å². The summed E-state index contributed by atoms with van der Waals surface area (Å²) in [4.78, 5) is 12.3. The molecule has 1 heterocycles. The molecule has 29 heavy (non-hydrogen) atoms. The van der Waals surface area contributed by atoms with Gasteiger partial charge in [-0.15, -0.1) is 0 Å². The molecule has 1 aliphatic rings. The van der Waals surface area contributed by atoms with Crippen LogP contribution in [0.5, 0.6) is 0 Å². The summed E-state index contributed by atoms with van der Waals surface area (Å²) in [5.41, 5.74) is 8.38. The minimum Gasteiger partial charge on any atom is -0.377 e. The Morgan fingerprint density at radius 1 is 1.03 bits per heavy atom. The highest BCUT2D eigenvalue weighted by Gasteiger charge is 2.24. The lowest BCUT2D eigenvalue weighted by molar-refractivity contribution is 0.252. The number of aryl methyl sites for hydroxylation is 1. The Bertz CT molecular complexity index is 1050. The van der Waals surface area contributed by atoms with Gasteiger partial charge in [0.15, 0.2) is 0 Å². The van der Waals surface area contributed by atoms with Crippen LogP contribution in [-0.4, -0.2) is 11.7 Å². The molecule has 0 spiro atoms. The SMILES string of the molecule is Cc1ccc(NC(=O)NN=C2CC(c3ccc(Cl)cc3)Nc3ccccc32)cc1. The summed E-state index contributed by atoms with van der Waals surface area (Å²) in [7, 11) is 0. The van der Waals surface area contributed by atoms with Crippen molar-refractivity contribution in [3.8, 4) is 0 Å². The summed E-state index contributed by atoms with van der Waals surface area (Å²) >= 11 is 6.02. The second-order valence-electron chi connectivity index (χ2n) is 6.99. The number of rotatable bonds is 3. The van der Waals surface area contributed by atoms with Gasteiger partial charge >= 0.3 is 6.03 Å². The van der Waals surface area contributed by atoms with E-state index in [1.807, 2.05) is 79.7 Å². The Labute approximate surface area is 174 Å². The standard InChI is InChI=1S/C23H21ClN4O/c1-15-6-12-18(13-7-15)25-23(29)28-27-22-14-21(16-8-10-17(24)11-9-16)26-20-5-3-2-4-19(20)22/h2-13,21,26H,14H2,1H3,(H2,25,28,29). The number of benzene rings is 3. The molecule has 6 heteroatoms. The third-order valence-corrected chi connectivity index (χ3v) is 5.09. The molecule has 0 aliphatic carbocycles. The first kappa shape index (κ1) is 19.0. The van der Waals surface area contributed by atoms with Crippen molar-refractivity contribution in [3.63, 3.8) is 0 Å². The summed E-state index contributed by atoms with van der Waals surface area (Å²) in [6.07, 6.45) is 0.642. The number of para-hydroxylation sites is 1. The Morgan fingerprint density at radius 3 is 2.52 bits per heavy atom. The van der Waals surface area contributed by atoms with E-state index in [0.717, 1.165) is 33.8 Å². The van der Waals surface area contributed by atoms with Crippen molar-refractivity contribution in [1.29, 1.82) is 0 Å². The van der Waals surface area contributed by atoms with E-state index < -0.39 is 0 Å². The summed E-state index contributed by atoms with van der Waals surface area (Å²) in [6, 6.07) is 23.0. The Kier molecular flexibility index (Phi) is 5.49. The molecular formula is C23H21ClN4O. The van der Waals surface area contributed by atoms with Gasteiger partial charge in [0.05, 0.1) is 11.8 Å². The number of fused-ring (bicyclic) bond motifs is 1. The predicted molar refractivity (Wildman–Crippen MR) is 119 cm³/mol. The average molecular weight is 405 g/mol. The number of amides is 2. The van der Waals surface area contributed by atoms with Crippen LogP contribution in [0.1, 0.15) is 29.2 Å². The zero-order chi connectivity index (χ0) is 20.2. The zero-order valence-corrected chi connectivity index (χ0v) is 16.7. The minimum atomic E-state index is -0.375. The zero-order valence-electron chi connectivity index (χ0n) is 15.9. The molecule has 1 aliphatic heterocycles. The van der Waals surface area contributed by atoms with Gasteiger partial charge in [-0.3, -0.25) is 0 Å². The van der Waals surface area contributed by atoms with Gasteiger partial charge in [0, 0.05) is 28.4 Å². The van der Waals surface area contributed by atoms with Crippen molar-refractivity contribution in [1.82, 2.24) is 5.43 Å². The number of hydrogen-bond donors (Lipinski definition) is 3. The Hall–Kier alpha value is -3.31.